The molecule has 1 heterocycles. The molecule has 2 aromatic rings. The van der Waals surface area contributed by atoms with Gasteiger partial charge in [0, 0.05) is 0 Å². The Hall–Kier alpha value is -0.590. The number of halogens is 1. The maximum atomic E-state index is 5.30. The van der Waals surface area contributed by atoms with Gasteiger partial charge in [0.25, 0.3) is 0 Å². The van der Waals surface area contributed by atoms with E-state index in [1.165, 1.54) is 19.6 Å². The Morgan fingerprint density at radius 1 is 1.35 bits per heavy atom. The van der Waals surface area contributed by atoms with Crippen LogP contribution >= 0.6 is 33.9 Å². The minimum Gasteiger partial charge on any atom is -0.497 e. The number of thiophene rings is 1. The van der Waals surface area contributed by atoms with Crippen molar-refractivity contribution < 1.29 is 4.74 Å². The summed E-state index contributed by atoms with van der Waals surface area (Å²) in [6.07, 6.45) is 1.13. The van der Waals surface area contributed by atoms with E-state index in [9.17, 15) is 0 Å². The second-order valence-electron chi connectivity index (χ2n) is 4.79. The molecule has 1 aromatic heterocycles. The molecule has 20 heavy (non-hydrogen) atoms. The van der Waals surface area contributed by atoms with Crippen molar-refractivity contribution in [2.24, 2.45) is 0 Å². The topological polar surface area (TPSA) is 21.3 Å². The van der Waals surface area contributed by atoms with Gasteiger partial charge in [0.2, 0.25) is 0 Å². The Balaban J connectivity index is 2.35. The molecule has 0 aliphatic heterocycles. The summed E-state index contributed by atoms with van der Waals surface area (Å²) in [4.78, 5) is 0. The van der Waals surface area contributed by atoms with Gasteiger partial charge < -0.3 is 10.1 Å². The van der Waals surface area contributed by atoms with Crippen molar-refractivity contribution in [3.63, 3.8) is 0 Å². The molecule has 1 N–H and O–H groups in total. The van der Waals surface area contributed by atoms with Crippen LogP contribution in [-0.4, -0.2) is 13.7 Å². The highest BCUT2D eigenvalue weighted by molar-refractivity contribution is 14.1. The number of benzene rings is 1. The first-order chi connectivity index (χ1) is 9.65. The van der Waals surface area contributed by atoms with Crippen LogP contribution in [0.3, 0.4) is 0 Å². The highest BCUT2D eigenvalue weighted by atomic mass is 127. The Kier molecular flexibility index (Phi) is 5.86. The highest BCUT2D eigenvalue weighted by Gasteiger charge is 2.17. The molecule has 0 saturated heterocycles. The monoisotopic (exact) mass is 401 g/mol. The van der Waals surface area contributed by atoms with Gasteiger partial charge in [-0.1, -0.05) is 13.0 Å². The standard InChI is InChI=1S/C16H20INOS/c1-4-7-18-16(12-9-15(17)20-10-12)14-6-5-13(19-3)8-11(14)2/h5-6,8-10,16,18H,4,7H2,1-3H3. The van der Waals surface area contributed by atoms with Crippen LogP contribution in [-0.2, 0) is 0 Å². The lowest BCUT2D eigenvalue weighted by atomic mass is 9.96. The summed E-state index contributed by atoms with van der Waals surface area (Å²) in [7, 11) is 1.71. The molecule has 0 radical (unpaired) electrons. The van der Waals surface area contributed by atoms with Crippen molar-refractivity contribution in [2.75, 3.05) is 13.7 Å². The summed E-state index contributed by atoms with van der Waals surface area (Å²) in [6.45, 7) is 5.36. The Morgan fingerprint density at radius 2 is 2.15 bits per heavy atom. The third-order valence-corrected chi connectivity index (χ3v) is 5.11. The second-order valence-corrected chi connectivity index (χ2v) is 7.60. The van der Waals surface area contributed by atoms with Crippen molar-refractivity contribution in [1.29, 1.82) is 0 Å². The number of rotatable bonds is 6. The van der Waals surface area contributed by atoms with E-state index in [-0.39, 0.29) is 6.04 Å². The maximum absolute atomic E-state index is 5.30. The molecule has 1 unspecified atom stereocenters. The lowest BCUT2D eigenvalue weighted by Gasteiger charge is -2.20. The Labute approximate surface area is 138 Å². The zero-order valence-electron chi connectivity index (χ0n) is 12.1. The van der Waals surface area contributed by atoms with Crippen LogP contribution < -0.4 is 10.1 Å². The average Bonchev–Trinajstić information content (AvgIpc) is 2.87. The van der Waals surface area contributed by atoms with Gasteiger partial charge in [0.05, 0.1) is 16.0 Å². The molecule has 2 nitrogen and oxygen atoms in total. The van der Waals surface area contributed by atoms with Gasteiger partial charge in [-0.05, 0) is 82.7 Å². The van der Waals surface area contributed by atoms with Crippen molar-refractivity contribution in [3.8, 4) is 5.75 Å². The minimum atomic E-state index is 0.264. The quantitative estimate of drug-likeness (QED) is 0.705. The molecule has 0 spiro atoms. The first-order valence-electron chi connectivity index (χ1n) is 6.77. The molecular formula is C16H20INOS. The zero-order valence-corrected chi connectivity index (χ0v) is 15.0. The van der Waals surface area contributed by atoms with Crippen molar-refractivity contribution >= 4 is 33.9 Å². The van der Waals surface area contributed by atoms with Gasteiger partial charge in [0.15, 0.2) is 0 Å². The molecule has 1 aromatic carbocycles. The first-order valence-corrected chi connectivity index (χ1v) is 8.73. The van der Waals surface area contributed by atoms with Crippen molar-refractivity contribution in [2.45, 2.75) is 26.3 Å². The summed E-state index contributed by atoms with van der Waals surface area (Å²) < 4.78 is 6.63. The van der Waals surface area contributed by atoms with Gasteiger partial charge in [-0.2, -0.15) is 0 Å². The SMILES string of the molecule is CCCNC(c1csc(I)c1)c1ccc(OC)cc1C. The van der Waals surface area contributed by atoms with E-state index in [0.29, 0.717) is 0 Å². The van der Waals surface area contributed by atoms with Gasteiger partial charge in [-0.15, -0.1) is 11.3 Å². The number of ether oxygens (including phenoxy) is 1. The lowest BCUT2D eigenvalue weighted by molar-refractivity contribution is 0.414. The van der Waals surface area contributed by atoms with Crippen LogP contribution in [0, 0.1) is 9.81 Å². The van der Waals surface area contributed by atoms with E-state index in [1.54, 1.807) is 18.4 Å². The number of methoxy groups -OCH3 is 1. The van der Waals surface area contributed by atoms with E-state index in [4.69, 9.17) is 4.74 Å². The predicted octanol–water partition coefficient (Wildman–Crippen LogP) is 4.76. The molecule has 1 atom stereocenters. The smallest absolute Gasteiger partial charge is 0.119 e. The first kappa shape index (κ1) is 15.8. The van der Waals surface area contributed by atoms with E-state index >= 15 is 0 Å². The molecule has 0 fully saturated rings. The molecule has 0 saturated carbocycles. The van der Waals surface area contributed by atoms with Crippen LogP contribution in [0.15, 0.2) is 29.6 Å². The molecule has 0 amide bonds. The molecule has 108 valence electrons. The lowest BCUT2D eigenvalue weighted by Crippen LogP contribution is -2.23. The fourth-order valence-corrected chi connectivity index (χ4v) is 3.67. The second kappa shape index (κ2) is 7.43. The molecule has 0 aliphatic rings. The Morgan fingerprint density at radius 3 is 2.70 bits per heavy atom. The normalized spacial score (nSPS) is 12.4. The largest absolute Gasteiger partial charge is 0.497 e. The summed E-state index contributed by atoms with van der Waals surface area (Å²) in [5.41, 5.74) is 3.94. The third-order valence-electron chi connectivity index (χ3n) is 3.31. The Bertz CT molecular complexity index is 567. The molecular weight excluding hydrogens is 381 g/mol. The molecule has 0 bridgehead atoms. The number of aryl methyl sites for hydroxylation is 1. The van der Waals surface area contributed by atoms with Gasteiger partial charge >= 0.3 is 0 Å². The minimum absolute atomic E-state index is 0.264. The predicted molar refractivity (Wildman–Crippen MR) is 94.9 cm³/mol. The number of nitrogens with one attached hydrogen (secondary N) is 1. The molecule has 2 rings (SSSR count). The van der Waals surface area contributed by atoms with E-state index < -0.39 is 0 Å². The summed E-state index contributed by atoms with van der Waals surface area (Å²) >= 11 is 4.18. The van der Waals surface area contributed by atoms with Crippen LogP contribution in [0.25, 0.3) is 0 Å². The maximum Gasteiger partial charge on any atom is 0.119 e. The van der Waals surface area contributed by atoms with Crippen molar-refractivity contribution in [1.82, 2.24) is 5.32 Å². The van der Waals surface area contributed by atoms with E-state index in [0.717, 1.165) is 18.7 Å². The van der Waals surface area contributed by atoms with Crippen LogP contribution in [0.1, 0.15) is 36.1 Å². The fraction of sp³-hybridized carbons (Fsp3) is 0.375. The summed E-state index contributed by atoms with van der Waals surface area (Å²) in [6, 6.07) is 8.85. The number of hydrogen-bond donors (Lipinski definition) is 1. The number of hydrogen-bond acceptors (Lipinski definition) is 3. The van der Waals surface area contributed by atoms with Crippen LogP contribution in [0.2, 0.25) is 0 Å². The van der Waals surface area contributed by atoms with Crippen LogP contribution in [0.4, 0.5) is 0 Å². The fourth-order valence-electron chi connectivity index (χ4n) is 2.27. The molecule has 0 aliphatic carbocycles. The van der Waals surface area contributed by atoms with Crippen molar-refractivity contribution in [3.05, 3.63) is 49.2 Å². The van der Waals surface area contributed by atoms with Gasteiger partial charge in [0.1, 0.15) is 5.75 Å². The van der Waals surface area contributed by atoms with Gasteiger partial charge in [-0.25, -0.2) is 0 Å². The zero-order chi connectivity index (χ0) is 14.5. The van der Waals surface area contributed by atoms with E-state index in [1.807, 2.05) is 6.07 Å². The van der Waals surface area contributed by atoms with E-state index in [2.05, 4.69) is 65.3 Å². The summed E-state index contributed by atoms with van der Waals surface area (Å²) in [5, 5.41) is 5.90. The highest BCUT2D eigenvalue weighted by Crippen LogP contribution is 2.30. The van der Waals surface area contributed by atoms with Crippen LogP contribution in [0.5, 0.6) is 5.75 Å². The average molecular weight is 401 g/mol. The third kappa shape index (κ3) is 3.74. The van der Waals surface area contributed by atoms with Gasteiger partial charge in [-0.3, -0.25) is 0 Å². The molecule has 4 heteroatoms. The summed E-state index contributed by atoms with van der Waals surface area (Å²) in [5.74, 6) is 0.917.